The standard InChI is InChI=1S/C18H36N2/c1-15(2)8-7-14(9-15)20-18(13-19)11-16(3,4)10-17(5,6)12-18/h14,20H,7-13,19H2,1-6H3. The van der Waals surface area contributed by atoms with Gasteiger partial charge in [0.25, 0.3) is 0 Å². The van der Waals surface area contributed by atoms with Gasteiger partial charge in [-0.2, -0.15) is 0 Å². The van der Waals surface area contributed by atoms with Gasteiger partial charge < -0.3 is 11.1 Å². The molecule has 0 radical (unpaired) electrons. The molecule has 0 saturated heterocycles. The molecule has 2 nitrogen and oxygen atoms in total. The third kappa shape index (κ3) is 3.76. The first-order valence-electron chi connectivity index (χ1n) is 8.45. The van der Waals surface area contributed by atoms with Gasteiger partial charge >= 0.3 is 0 Å². The van der Waals surface area contributed by atoms with Gasteiger partial charge in [-0.3, -0.25) is 0 Å². The molecule has 0 aromatic heterocycles. The number of hydrogen-bond donors (Lipinski definition) is 2. The maximum atomic E-state index is 6.26. The molecule has 0 aliphatic heterocycles. The normalized spacial score (nSPS) is 34.0. The Bertz CT molecular complexity index is 338. The van der Waals surface area contributed by atoms with E-state index in [1.807, 2.05) is 0 Å². The Balaban J connectivity index is 2.13. The summed E-state index contributed by atoms with van der Waals surface area (Å²) in [6.45, 7) is 15.2. The SMILES string of the molecule is CC1(C)CCC(NC2(CN)CC(C)(C)CC(C)(C)C2)C1. The summed E-state index contributed by atoms with van der Waals surface area (Å²) in [5.74, 6) is 0. The lowest BCUT2D eigenvalue weighted by Crippen LogP contribution is -2.61. The third-order valence-electron chi connectivity index (χ3n) is 5.46. The largest absolute Gasteiger partial charge is 0.329 e. The third-order valence-corrected chi connectivity index (χ3v) is 5.46. The number of nitrogens with one attached hydrogen (secondary N) is 1. The lowest BCUT2D eigenvalue weighted by Gasteiger charge is -2.53. The van der Waals surface area contributed by atoms with Crippen molar-refractivity contribution in [3.63, 3.8) is 0 Å². The van der Waals surface area contributed by atoms with Crippen LogP contribution in [0.2, 0.25) is 0 Å². The van der Waals surface area contributed by atoms with E-state index in [0.29, 0.717) is 22.3 Å². The predicted octanol–water partition coefficient (Wildman–Crippen LogP) is 4.09. The van der Waals surface area contributed by atoms with E-state index < -0.39 is 0 Å². The van der Waals surface area contributed by atoms with Crippen LogP contribution in [0.5, 0.6) is 0 Å². The molecule has 0 aromatic rings. The summed E-state index contributed by atoms with van der Waals surface area (Å²) >= 11 is 0. The highest BCUT2D eigenvalue weighted by atomic mass is 15.0. The molecule has 20 heavy (non-hydrogen) atoms. The first kappa shape index (κ1) is 16.3. The molecule has 3 N–H and O–H groups in total. The molecule has 0 amide bonds. The molecule has 0 aromatic carbocycles. The van der Waals surface area contributed by atoms with E-state index in [9.17, 15) is 0 Å². The first-order chi connectivity index (χ1) is 8.97. The van der Waals surface area contributed by atoms with Crippen molar-refractivity contribution in [2.75, 3.05) is 6.54 Å². The average molecular weight is 280 g/mol. The Labute approximate surface area is 126 Å². The van der Waals surface area contributed by atoms with E-state index in [1.54, 1.807) is 0 Å². The molecule has 0 bridgehead atoms. The second kappa shape index (κ2) is 4.98. The summed E-state index contributed by atoms with van der Waals surface area (Å²) in [6.07, 6.45) is 7.70. The van der Waals surface area contributed by atoms with Crippen LogP contribution in [-0.4, -0.2) is 18.1 Å². The van der Waals surface area contributed by atoms with Gasteiger partial charge in [0.1, 0.15) is 0 Å². The van der Waals surface area contributed by atoms with Gasteiger partial charge in [-0.25, -0.2) is 0 Å². The van der Waals surface area contributed by atoms with Crippen LogP contribution >= 0.6 is 0 Å². The zero-order valence-corrected chi connectivity index (χ0v) is 14.6. The molecule has 1 atom stereocenters. The molecular weight excluding hydrogens is 244 g/mol. The van der Waals surface area contributed by atoms with Gasteiger partial charge in [-0.05, 0) is 54.8 Å². The van der Waals surface area contributed by atoms with E-state index in [2.05, 4.69) is 46.9 Å². The maximum absolute atomic E-state index is 6.26. The molecule has 2 fully saturated rings. The van der Waals surface area contributed by atoms with Crippen molar-refractivity contribution < 1.29 is 0 Å². The highest BCUT2D eigenvalue weighted by Gasteiger charge is 2.48. The molecule has 2 aliphatic rings. The Morgan fingerprint density at radius 3 is 1.85 bits per heavy atom. The van der Waals surface area contributed by atoms with Crippen molar-refractivity contribution in [3.8, 4) is 0 Å². The van der Waals surface area contributed by atoms with Gasteiger partial charge in [0.05, 0.1) is 0 Å². The fourth-order valence-corrected chi connectivity index (χ4v) is 5.61. The van der Waals surface area contributed by atoms with E-state index in [1.165, 1.54) is 38.5 Å². The number of nitrogens with two attached hydrogens (primary N) is 1. The Hall–Kier alpha value is -0.0800. The summed E-state index contributed by atoms with van der Waals surface area (Å²) < 4.78 is 0. The molecule has 2 rings (SSSR count). The van der Waals surface area contributed by atoms with Crippen molar-refractivity contribution in [3.05, 3.63) is 0 Å². The molecular formula is C18H36N2. The predicted molar refractivity (Wildman–Crippen MR) is 87.8 cm³/mol. The molecule has 2 aliphatic carbocycles. The minimum Gasteiger partial charge on any atom is -0.329 e. The minimum absolute atomic E-state index is 0.149. The lowest BCUT2D eigenvalue weighted by molar-refractivity contribution is 0.0259. The van der Waals surface area contributed by atoms with E-state index >= 15 is 0 Å². The second-order valence-electron chi connectivity index (χ2n) is 10.1. The molecule has 1 unspecified atom stereocenters. The lowest BCUT2D eigenvalue weighted by atomic mass is 9.58. The van der Waals surface area contributed by atoms with E-state index in [4.69, 9.17) is 5.73 Å². The van der Waals surface area contributed by atoms with Gasteiger partial charge in [0, 0.05) is 18.1 Å². The summed E-state index contributed by atoms with van der Waals surface area (Å²) in [6, 6.07) is 0.665. The van der Waals surface area contributed by atoms with Crippen LogP contribution in [0, 0.1) is 16.2 Å². The van der Waals surface area contributed by atoms with Crippen LogP contribution in [0.1, 0.15) is 80.1 Å². The molecule has 2 heteroatoms. The topological polar surface area (TPSA) is 38.0 Å². The monoisotopic (exact) mass is 280 g/mol. The highest BCUT2D eigenvalue weighted by molar-refractivity contribution is 5.05. The van der Waals surface area contributed by atoms with E-state index in [0.717, 1.165) is 6.54 Å². The van der Waals surface area contributed by atoms with Crippen LogP contribution in [0.4, 0.5) is 0 Å². The van der Waals surface area contributed by atoms with Crippen LogP contribution in [0.25, 0.3) is 0 Å². The Morgan fingerprint density at radius 2 is 1.45 bits per heavy atom. The van der Waals surface area contributed by atoms with Gasteiger partial charge in [0.2, 0.25) is 0 Å². The van der Waals surface area contributed by atoms with Gasteiger partial charge in [-0.1, -0.05) is 41.5 Å². The second-order valence-corrected chi connectivity index (χ2v) is 10.1. The summed E-state index contributed by atoms with van der Waals surface area (Å²) in [7, 11) is 0. The quantitative estimate of drug-likeness (QED) is 0.817. The minimum atomic E-state index is 0.149. The highest BCUT2D eigenvalue weighted by Crippen LogP contribution is 2.50. The summed E-state index contributed by atoms with van der Waals surface area (Å²) in [5, 5.41) is 4.02. The Kier molecular flexibility index (Phi) is 4.06. The number of hydrogen-bond acceptors (Lipinski definition) is 2. The van der Waals surface area contributed by atoms with Crippen molar-refractivity contribution >= 4 is 0 Å². The summed E-state index contributed by atoms with van der Waals surface area (Å²) in [5.41, 5.74) is 7.70. The first-order valence-corrected chi connectivity index (χ1v) is 8.45. The molecule has 2 saturated carbocycles. The maximum Gasteiger partial charge on any atom is 0.0316 e. The van der Waals surface area contributed by atoms with Gasteiger partial charge in [-0.15, -0.1) is 0 Å². The molecule has 0 spiro atoms. The summed E-state index contributed by atoms with van der Waals surface area (Å²) in [4.78, 5) is 0. The van der Waals surface area contributed by atoms with Gasteiger partial charge in [0.15, 0.2) is 0 Å². The van der Waals surface area contributed by atoms with Crippen molar-refractivity contribution in [1.82, 2.24) is 5.32 Å². The fourth-order valence-electron chi connectivity index (χ4n) is 5.61. The zero-order chi connectivity index (χ0) is 15.2. The number of rotatable bonds is 3. The van der Waals surface area contributed by atoms with Crippen LogP contribution in [0.3, 0.4) is 0 Å². The van der Waals surface area contributed by atoms with Crippen molar-refractivity contribution in [2.24, 2.45) is 22.0 Å². The van der Waals surface area contributed by atoms with Crippen LogP contribution in [0.15, 0.2) is 0 Å². The molecule has 118 valence electrons. The zero-order valence-electron chi connectivity index (χ0n) is 14.6. The Morgan fingerprint density at radius 1 is 0.900 bits per heavy atom. The van der Waals surface area contributed by atoms with E-state index in [-0.39, 0.29) is 5.54 Å². The van der Waals surface area contributed by atoms with Crippen LogP contribution in [-0.2, 0) is 0 Å². The average Bonchev–Trinajstić information content (AvgIpc) is 2.53. The smallest absolute Gasteiger partial charge is 0.0316 e. The van der Waals surface area contributed by atoms with Crippen molar-refractivity contribution in [1.29, 1.82) is 0 Å². The molecule has 0 heterocycles. The van der Waals surface area contributed by atoms with Crippen LogP contribution < -0.4 is 11.1 Å². The fraction of sp³-hybridized carbons (Fsp3) is 1.00. The van der Waals surface area contributed by atoms with Crippen molar-refractivity contribution in [2.45, 2.75) is 91.6 Å².